The summed E-state index contributed by atoms with van der Waals surface area (Å²) in [5, 5.41) is 12.3. The number of benzene rings is 1. The van der Waals surface area contributed by atoms with Crippen molar-refractivity contribution in [2.24, 2.45) is 0 Å². The Morgan fingerprint density at radius 2 is 2.04 bits per heavy atom. The van der Waals surface area contributed by atoms with Crippen molar-refractivity contribution in [2.75, 3.05) is 26.2 Å². The summed E-state index contributed by atoms with van der Waals surface area (Å²) in [5.41, 5.74) is 0.179. The van der Waals surface area contributed by atoms with Gasteiger partial charge in [-0.3, -0.25) is 14.6 Å². The molecule has 2 aliphatic rings. The smallest absolute Gasteiger partial charge is 0.324 e. The minimum absolute atomic E-state index is 0.0244. The zero-order chi connectivity index (χ0) is 16.6. The number of carbonyl (C=O) groups is 2. The summed E-state index contributed by atoms with van der Waals surface area (Å²) < 4.78 is 27.4. The normalized spacial score (nSPS) is 25.3. The second-order valence-corrected chi connectivity index (χ2v) is 5.77. The Hall–Kier alpha value is -2.06. The van der Waals surface area contributed by atoms with Crippen LogP contribution in [0.3, 0.4) is 0 Å². The lowest BCUT2D eigenvalue weighted by Crippen LogP contribution is -2.39. The zero-order valence-electron chi connectivity index (χ0n) is 12.3. The lowest BCUT2D eigenvalue weighted by molar-refractivity contribution is -0.125. The number of rotatable bonds is 4. The Kier molecular flexibility index (Phi) is 4.27. The number of hydrogen-bond acceptors (Lipinski definition) is 4. The number of aliphatic hydroxyl groups is 1. The molecular weight excluding hydrogens is 308 g/mol. The van der Waals surface area contributed by atoms with Crippen molar-refractivity contribution in [3.8, 4) is 0 Å². The van der Waals surface area contributed by atoms with Crippen LogP contribution >= 0.6 is 0 Å². The van der Waals surface area contributed by atoms with Crippen molar-refractivity contribution in [1.82, 2.24) is 15.1 Å². The number of likely N-dealkylation sites (tertiary alicyclic amines) is 1. The number of amides is 3. The molecule has 0 aliphatic carbocycles. The van der Waals surface area contributed by atoms with E-state index in [4.69, 9.17) is 0 Å². The Labute approximate surface area is 131 Å². The van der Waals surface area contributed by atoms with Gasteiger partial charge in [-0.25, -0.2) is 13.6 Å². The van der Waals surface area contributed by atoms with Crippen molar-refractivity contribution in [1.29, 1.82) is 0 Å². The number of carbonyl (C=O) groups excluding carboxylic acids is 2. The highest BCUT2D eigenvalue weighted by Crippen LogP contribution is 2.33. The molecule has 1 aromatic carbocycles. The molecule has 2 heterocycles. The Bertz CT molecular complexity index is 624. The minimum atomic E-state index is -0.661. The summed E-state index contributed by atoms with van der Waals surface area (Å²) in [6, 6.07) is 2.29. The molecule has 0 aromatic heterocycles. The molecule has 2 N–H and O–H groups in total. The Balaban J connectivity index is 1.73. The van der Waals surface area contributed by atoms with Crippen LogP contribution in [-0.2, 0) is 4.79 Å². The van der Waals surface area contributed by atoms with Crippen LogP contribution in [0, 0.1) is 11.6 Å². The largest absolute Gasteiger partial charge is 0.392 e. The third-order valence-corrected chi connectivity index (χ3v) is 4.25. The highest BCUT2D eigenvalue weighted by atomic mass is 19.1. The van der Waals surface area contributed by atoms with E-state index in [0.29, 0.717) is 0 Å². The van der Waals surface area contributed by atoms with Gasteiger partial charge in [-0.15, -0.1) is 0 Å². The topological polar surface area (TPSA) is 72.9 Å². The molecule has 1 aromatic rings. The van der Waals surface area contributed by atoms with E-state index in [0.717, 1.165) is 23.1 Å². The van der Waals surface area contributed by atoms with Gasteiger partial charge < -0.3 is 10.4 Å². The molecule has 6 nitrogen and oxygen atoms in total. The molecule has 3 rings (SSSR count). The average molecular weight is 325 g/mol. The molecule has 2 aliphatic heterocycles. The molecule has 3 amide bonds. The van der Waals surface area contributed by atoms with E-state index in [9.17, 15) is 23.5 Å². The van der Waals surface area contributed by atoms with Gasteiger partial charge in [0.2, 0.25) is 5.91 Å². The minimum Gasteiger partial charge on any atom is -0.392 e. The highest BCUT2D eigenvalue weighted by molar-refractivity contribution is 6.01. The average Bonchev–Trinajstić information content (AvgIpc) is 3.03. The molecule has 2 unspecified atom stereocenters. The number of urea groups is 1. The molecule has 124 valence electrons. The van der Waals surface area contributed by atoms with Crippen LogP contribution in [0.1, 0.15) is 18.0 Å². The summed E-state index contributed by atoms with van der Waals surface area (Å²) in [6.45, 7) is 0.690. The summed E-state index contributed by atoms with van der Waals surface area (Å²) in [6.07, 6.45) is -0.383. The number of halogens is 2. The van der Waals surface area contributed by atoms with Gasteiger partial charge >= 0.3 is 6.03 Å². The van der Waals surface area contributed by atoms with Gasteiger partial charge in [0.15, 0.2) is 0 Å². The maximum absolute atomic E-state index is 14.0. The van der Waals surface area contributed by atoms with Gasteiger partial charge in [-0.05, 0) is 24.6 Å². The summed E-state index contributed by atoms with van der Waals surface area (Å²) in [4.78, 5) is 25.9. The van der Waals surface area contributed by atoms with Crippen LogP contribution < -0.4 is 5.32 Å². The van der Waals surface area contributed by atoms with E-state index in [-0.39, 0.29) is 44.1 Å². The van der Waals surface area contributed by atoms with E-state index in [1.54, 1.807) is 4.90 Å². The first-order valence-electron chi connectivity index (χ1n) is 7.41. The molecule has 0 bridgehead atoms. The maximum atomic E-state index is 14.0. The number of nitrogens with zero attached hydrogens (tertiary/aromatic N) is 2. The SMILES string of the molecule is O=C1CNC(=O)N1CCN1CC(O)CC1c1cc(F)ccc1F. The number of aliphatic hydroxyl groups excluding tert-OH is 1. The monoisotopic (exact) mass is 325 g/mol. The van der Waals surface area contributed by atoms with Crippen molar-refractivity contribution in [3.05, 3.63) is 35.4 Å². The fourth-order valence-corrected chi connectivity index (χ4v) is 3.13. The zero-order valence-corrected chi connectivity index (χ0v) is 12.3. The van der Waals surface area contributed by atoms with Crippen molar-refractivity contribution >= 4 is 11.9 Å². The third-order valence-electron chi connectivity index (χ3n) is 4.25. The summed E-state index contributed by atoms with van der Waals surface area (Å²) >= 11 is 0. The molecule has 2 fully saturated rings. The van der Waals surface area contributed by atoms with Gasteiger partial charge in [-0.2, -0.15) is 0 Å². The first-order chi connectivity index (χ1) is 11.0. The summed E-state index contributed by atoms with van der Waals surface area (Å²) in [7, 11) is 0. The van der Waals surface area contributed by atoms with E-state index in [1.165, 1.54) is 0 Å². The molecule has 0 radical (unpaired) electrons. The molecular formula is C15H17F2N3O3. The third kappa shape index (κ3) is 3.18. The van der Waals surface area contributed by atoms with E-state index >= 15 is 0 Å². The van der Waals surface area contributed by atoms with E-state index < -0.39 is 29.8 Å². The molecule has 23 heavy (non-hydrogen) atoms. The number of imide groups is 1. The predicted octanol–water partition coefficient (Wildman–Crippen LogP) is 0.624. The highest BCUT2D eigenvalue weighted by Gasteiger charge is 2.35. The Morgan fingerprint density at radius 1 is 1.26 bits per heavy atom. The molecule has 0 saturated carbocycles. The molecule has 2 saturated heterocycles. The van der Waals surface area contributed by atoms with Crippen molar-refractivity contribution < 1.29 is 23.5 Å². The van der Waals surface area contributed by atoms with Crippen molar-refractivity contribution in [2.45, 2.75) is 18.6 Å². The van der Waals surface area contributed by atoms with Crippen LogP contribution in [-0.4, -0.2) is 59.1 Å². The van der Waals surface area contributed by atoms with Crippen molar-refractivity contribution in [3.63, 3.8) is 0 Å². The second kappa shape index (κ2) is 6.21. The van der Waals surface area contributed by atoms with Crippen LogP contribution in [0.25, 0.3) is 0 Å². The van der Waals surface area contributed by atoms with Crippen LogP contribution in [0.5, 0.6) is 0 Å². The van der Waals surface area contributed by atoms with Gasteiger partial charge in [-0.1, -0.05) is 0 Å². The first-order valence-corrected chi connectivity index (χ1v) is 7.41. The lowest BCUT2D eigenvalue weighted by atomic mass is 10.0. The molecule has 0 spiro atoms. The van der Waals surface area contributed by atoms with Gasteiger partial charge in [0.25, 0.3) is 0 Å². The van der Waals surface area contributed by atoms with Crippen LogP contribution in [0.4, 0.5) is 13.6 Å². The standard InChI is InChI=1S/C15H17F2N3O3/c16-9-1-2-12(17)11(5-9)13-6-10(21)8-19(13)3-4-20-14(22)7-18-15(20)23/h1-2,5,10,13,21H,3-4,6-8H2,(H,18,23). The Morgan fingerprint density at radius 3 is 2.74 bits per heavy atom. The van der Waals surface area contributed by atoms with Gasteiger partial charge in [0.1, 0.15) is 11.6 Å². The van der Waals surface area contributed by atoms with Crippen LogP contribution in [0.15, 0.2) is 18.2 Å². The summed E-state index contributed by atoms with van der Waals surface area (Å²) in [5.74, 6) is -1.40. The second-order valence-electron chi connectivity index (χ2n) is 5.77. The van der Waals surface area contributed by atoms with Gasteiger partial charge in [0.05, 0.1) is 12.6 Å². The predicted molar refractivity (Wildman–Crippen MR) is 76.4 cm³/mol. The maximum Gasteiger partial charge on any atom is 0.324 e. The molecule has 2 atom stereocenters. The van der Waals surface area contributed by atoms with Gasteiger partial charge in [0, 0.05) is 31.2 Å². The number of hydrogen-bond donors (Lipinski definition) is 2. The number of β-amino-alcohol motifs (C(OH)–C–C–N with tert-alkyl or cyclic N) is 1. The number of nitrogens with one attached hydrogen (secondary N) is 1. The van der Waals surface area contributed by atoms with E-state index in [2.05, 4.69) is 5.32 Å². The fraction of sp³-hybridized carbons (Fsp3) is 0.467. The molecule has 8 heteroatoms. The van der Waals surface area contributed by atoms with E-state index in [1.807, 2.05) is 0 Å². The van der Waals surface area contributed by atoms with Crippen LogP contribution in [0.2, 0.25) is 0 Å². The fourth-order valence-electron chi connectivity index (χ4n) is 3.13. The first kappa shape index (κ1) is 15.8. The quantitative estimate of drug-likeness (QED) is 0.796. The lowest BCUT2D eigenvalue weighted by Gasteiger charge is -2.26.